The van der Waals surface area contributed by atoms with E-state index >= 15 is 0 Å². The van der Waals surface area contributed by atoms with Gasteiger partial charge in [-0.15, -0.1) is 0 Å². The zero-order chi connectivity index (χ0) is 13.9. The van der Waals surface area contributed by atoms with Crippen molar-refractivity contribution >= 4 is 0 Å². The van der Waals surface area contributed by atoms with Crippen LogP contribution in [-0.2, 0) is 5.54 Å². The number of rotatable bonds is 4. The lowest BCUT2D eigenvalue weighted by Gasteiger charge is -2.51. The third-order valence-electron chi connectivity index (χ3n) is 4.15. The Morgan fingerprint density at radius 1 is 1.21 bits per heavy atom. The zero-order valence-electron chi connectivity index (χ0n) is 12.2. The molecule has 19 heavy (non-hydrogen) atoms. The molecule has 1 saturated heterocycles. The molecule has 1 aliphatic heterocycles. The van der Waals surface area contributed by atoms with Crippen molar-refractivity contribution in [1.29, 1.82) is 0 Å². The Kier molecular flexibility index (Phi) is 4.26. The van der Waals surface area contributed by atoms with E-state index in [0.717, 1.165) is 19.6 Å². The first-order valence-corrected chi connectivity index (χ1v) is 7.09. The lowest BCUT2D eigenvalue weighted by atomic mass is 9.84. The van der Waals surface area contributed by atoms with Gasteiger partial charge >= 0.3 is 0 Å². The van der Waals surface area contributed by atoms with Crippen LogP contribution in [0.4, 0.5) is 4.39 Å². The van der Waals surface area contributed by atoms with Crippen molar-refractivity contribution in [3.8, 4) is 0 Å². The summed E-state index contributed by atoms with van der Waals surface area (Å²) in [6.07, 6.45) is 0.610. The highest BCUT2D eigenvalue weighted by molar-refractivity contribution is 5.26. The van der Waals surface area contributed by atoms with Crippen LogP contribution >= 0.6 is 0 Å². The molecule has 0 radical (unpaired) electrons. The van der Waals surface area contributed by atoms with Gasteiger partial charge < -0.3 is 5.32 Å². The van der Waals surface area contributed by atoms with E-state index in [0.29, 0.717) is 6.42 Å². The van der Waals surface area contributed by atoms with Crippen LogP contribution in [0.5, 0.6) is 0 Å². The van der Waals surface area contributed by atoms with Gasteiger partial charge in [-0.1, -0.05) is 30.3 Å². The first-order chi connectivity index (χ1) is 8.98. The fourth-order valence-corrected chi connectivity index (χ4v) is 2.89. The van der Waals surface area contributed by atoms with Crippen LogP contribution in [0.1, 0.15) is 32.8 Å². The molecule has 1 heterocycles. The molecule has 1 aliphatic rings. The lowest BCUT2D eigenvalue weighted by molar-refractivity contribution is 0.0220. The molecule has 3 heteroatoms. The van der Waals surface area contributed by atoms with Gasteiger partial charge in [0, 0.05) is 25.2 Å². The zero-order valence-corrected chi connectivity index (χ0v) is 12.2. The van der Waals surface area contributed by atoms with Gasteiger partial charge in [-0.05, 0) is 32.8 Å². The SMILES string of the molecule is CC1(C)CN(CCCF)C(C)(c2ccccc2)CN1. The Morgan fingerprint density at radius 2 is 1.89 bits per heavy atom. The molecular formula is C16H25FN2. The molecular weight excluding hydrogens is 239 g/mol. The lowest BCUT2D eigenvalue weighted by Crippen LogP contribution is -2.65. The van der Waals surface area contributed by atoms with Crippen LogP contribution in [0.2, 0.25) is 0 Å². The Labute approximate surface area is 116 Å². The topological polar surface area (TPSA) is 15.3 Å². The van der Waals surface area contributed by atoms with Gasteiger partial charge in [-0.2, -0.15) is 0 Å². The van der Waals surface area contributed by atoms with Crippen molar-refractivity contribution in [3.63, 3.8) is 0 Å². The van der Waals surface area contributed by atoms with Crippen LogP contribution in [0.3, 0.4) is 0 Å². The average Bonchev–Trinajstić information content (AvgIpc) is 2.41. The van der Waals surface area contributed by atoms with E-state index < -0.39 is 0 Å². The van der Waals surface area contributed by atoms with Gasteiger partial charge in [0.1, 0.15) is 0 Å². The van der Waals surface area contributed by atoms with E-state index in [4.69, 9.17) is 0 Å². The van der Waals surface area contributed by atoms with E-state index in [-0.39, 0.29) is 17.8 Å². The third kappa shape index (κ3) is 3.15. The summed E-state index contributed by atoms with van der Waals surface area (Å²) < 4.78 is 12.6. The normalized spacial score (nSPS) is 27.4. The maximum Gasteiger partial charge on any atom is 0.0906 e. The molecule has 2 nitrogen and oxygen atoms in total. The number of alkyl halides is 1. The van der Waals surface area contributed by atoms with Crippen molar-refractivity contribution in [2.24, 2.45) is 0 Å². The molecule has 1 fully saturated rings. The minimum atomic E-state index is -0.241. The second kappa shape index (κ2) is 5.59. The minimum Gasteiger partial charge on any atom is -0.308 e. The highest BCUT2D eigenvalue weighted by Gasteiger charge is 2.41. The number of nitrogens with one attached hydrogen (secondary N) is 1. The molecule has 0 spiro atoms. The van der Waals surface area contributed by atoms with E-state index in [9.17, 15) is 4.39 Å². The summed E-state index contributed by atoms with van der Waals surface area (Å²) in [4.78, 5) is 2.43. The number of hydrogen-bond acceptors (Lipinski definition) is 2. The summed E-state index contributed by atoms with van der Waals surface area (Å²) >= 11 is 0. The van der Waals surface area contributed by atoms with E-state index in [2.05, 4.69) is 55.3 Å². The molecule has 1 unspecified atom stereocenters. The molecule has 2 rings (SSSR count). The smallest absolute Gasteiger partial charge is 0.0906 e. The van der Waals surface area contributed by atoms with Crippen LogP contribution in [-0.4, -0.2) is 36.7 Å². The number of nitrogens with zero attached hydrogens (tertiary/aromatic N) is 1. The molecule has 0 aliphatic carbocycles. The predicted molar refractivity (Wildman–Crippen MR) is 78.0 cm³/mol. The highest BCUT2D eigenvalue weighted by atomic mass is 19.1. The van der Waals surface area contributed by atoms with Crippen LogP contribution < -0.4 is 5.32 Å². The van der Waals surface area contributed by atoms with Crippen molar-refractivity contribution in [2.75, 3.05) is 26.3 Å². The minimum absolute atomic E-state index is 0.0497. The Morgan fingerprint density at radius 3 is 2.53 bits per heavy atom. The Hall–Kier alpha value is -0.930. The van der Waals surface area contributed by atoms with Gasteiger partial charge in [0.25, 0.3) is 0 Å². The van der Waals surface area contributed by atoms with E-state index in [1.54, 1.807) is 0 Å². The second-order valence-electron chi connectivity index (χ2n) is 6.34. The third-order valence-corrected chi connectivity index (χ3v) is 4.15. The van der Waals surface area contributed by atoms with Crippen molar-refractivity contribution in [2.45, 2.75) is 38.3 Å². The van der Waals surface area contributed by atoms with Crippen molar-refractivity contribution < 1.29 is 4.39 Å². The van der Waals surface area contributed by atoms with Gasteiger partial charge in [-0.3, -0.25) is 9.29 Å². The summed E-state index contributed by atoms with van der Waals surface area (Å²) in [5.74, 6) is 0. The average molecular weight is 264 g/mol. The van der Waals surface area contributed by atoms with Gasteiger partial charge in [0.05, 0.1) is 12.2 Å². The van der Waals surface area contributed by atoms with Crippen molar-refractivity contribution in [1.82, 2.24) is 10.2 Å². The molecule has 1 atom stereocenters. The van der Waals surface area contributed by atoms with Crippen LogP contribution in [0.25, 0.3) is 0 Å². The standard InChI is InChI=1S/C16H25FN2/c1-15(2)13-19(11-7-10-17)16(3,12-18-15)14-8-5-4-6-9-14/h4-6,8-9,18H,7,10-13H2,1-3H3. The number of piperazine rings is 1. The number of halogens is 1. The molecule has 0 aromatic heterocycles. The first-order valence-electron chi connectivity index (χ1n) is 7.09. The van der Waals surface area contributed by atoms with Gasteiger partial charge in [0.15, 0.2) is 0 Å². The second-order valence-corrected chi connectivity index (χ2v) is 6.34. The first kappa shape index (κ1) is 14.5. The predicted octanol–water partition coefficient (Wildman–Crippen LogP) is 2.95. The largest absolute Gasteiger partial charge is 0.308 e. The van der Waals surface area contributed by atoms with Crippen LogP contribution in [0, 0.1) is 0 Å². The summed E-state index contributed by atoms with van der Waals surface area (Å²) in [5, 5.41) is 3.62. The van der Waals surface area contributed by atoms with E-state index in [1.807, 2.05) is 6.07 Å². The molecule has 1 aromatic rings. The Balaban J connectivity index is 2.25. The van der Waals surface area contributed by atoms with Crippen LogP contribution in [0.15, 0.2) is 30.3 Å². The fraction of sp³-hybridized carbons (Fsp3) is 0.625. The fourth-order valence-electron chi connectivity index (χ4n) is 2.89. The summed E-state index contributed by atoms with van der Waals surface area (Å²) in [5.41, 5.74) is 1.34. The maximum absolute atomic E-state index is 12.6. The summed E-state index contributed by atoms with van der Waals surface area (Å²) in [6.45, 7) is 9.08. The molecule has 106 valence electrons. The van der Waals surface area contributed by atoms with E-state index in [1.165, 1.54) is 5.56 Å². The molecule has 0 amide bonds. The summed E-state index contributed by atoms with van der Waals surface area (Å²) in [6, 6.07) is 10.5. The number of hydrogen-bond donors (Lipinski definition) is 1. The molecule has 1 aromatic carbocycles. The molecule has 0 bridgehead atoms. The molecule has 0 saturated carbocycles. The van der Waals surface area contributed by atoms with Gasteiger partial charge in [0.2, 0.25) is 0 Å². The molecule has 1 N–H and O–H groups in total. The van der Waals surface area contributed by atoms with Gasteiger partial charge in [-0.25, -0.2) is 0 Å². The quantitative estimate of drug-likeness (QED) is 0.899. The maximum atomic E-state index is 12.6. The summed E-state index contributed by atoms with van der Waals surface area (Å²) in [7, 11) is 0. The number of benzene rings is 1. The monoisotopic (exact) mass is 264 g/mol. The van der Waals surface area contributed by atoms with Crippen molar-refractivity contribution in [3.05, 3.63) is 35.9 Å². The highest BCUT2D eigenvalue weighted by Crippen LogP contribution is 2.33. The Bertz CT molecular complexity index is 404.